The van der Waals surface area contributed by atoms with Crippen LogP contribution in [0.15, 0.2) is 0 Å². The third kappa shape index (κ3) is 7.14. The molecule has 1 heterocycles. The molecule has 0 aromatic heterocycles. The number of hydrogen-bond donors (Lipinski definition) is 2. The number of rotatable bonds is 6. The summed E-state index contributed by atoms with van der Waals surface area (Å²) < 4.78 is 5.35. The molecule has 21 heavy (non-hydrogen) atoms. The van der Waals surface area contributed by atoms with E-state index in [1.807, 2.05) is 20.8 Å². The van der Waals surface area contributed by atoms with E-state index >= 15 is 0 Å². The van der Waals surface area contributed by atoms with Crippen LogP contribution in [0.2, 0.25) is 0 Å². The van der Waals surface area contributed by atoms with Gasteiger partial charge in [0.15, 0.2) is 0 Å². The van der Waals surface area contributed by atoms with Gasteiger partial charge in [-0.2, -0.15) is 0 Å². The Morgan fingerprint density at radius 3 is 2.62 bits per heavy atom. The van der Waals surface area contributed by atoms with Crippen molar-refractivity contribution in [2.24, 2.45) is 5.92 Å². The largest absolute Gasteiger partial charge is 0.444 e. The minimum Gasteiger partial charge on any atom is -0.444 e. The lowest BCUT2D eigenvalue weighted by atomic mass is 10.0. The van der Waals surface area contributed by atoms with Crippen LogP contribution in [0.4, 0.5) is 4.79 Å². The Morgan fingerprint density at radius 1 is 1.43 bits per heavy atom. The second-order valence-corrected chi connectivity index (χ2v) is 7.45. The molecule has 124 valence electrons. The van der Waals surface area contributed by atoms with Crippen LogP contribution in [0.5, 0.6) is 0 Å². The molecule has 1 aliphatic heterocycles. The first kappa shape index (κ1) is 18.2. The highest BCUT2D eigenvalue weighted by atomic mass is 16.6. The highest BCUT2D eigenvalue weighted by molar-refractivity contribution is 5.68. The van der Waals surface area contributed by atoms with Gasteiger partial charge in [0.25, 0.3) is 0 Å². The van der Waals surface area contributed by atoms with E-state index in [1.165, 1.54) is 0 Å². The van der Waals surface area contributed by atoms with Crippen LogP contribution in [-0.2, 0) is 4.74 Å². The van der Waals surface area contributed by atoms with Gasteiger partial charge in [-0.15, -0.1) is 0 Å². The minimum absolute atomic E-state index is 0.0620. The lowest BCUT2D eigenvalue weighted by molar-refractivity contribution is 0.0476. The summed E-state index contributed by atoms with van der Waals surface area (Å²) in [5.74, 6) is 0.500. The monoisotopic (exact) mass is 300 g/mol. The maximum absolute atomic E-state index is 12.0. The van der Waals surface area contributed by atoms with Gasteiger partial charge in [0.05, 0.1) is 6.61 Å². The fourth-order valence-corrected chi connectivity index (χ4v) is 2.85. The number of carbonyl (C=O) groups excluding carboxylic acids is 1. The summed E-state index contributed by atoms with van der Waals surface area (Å²) in [7, 11) is 0. The smallest absolute Gasteiger partial charge is 0.407 e. The van der Waals surface area contributed by atoms with Crippen molar-refractivity contribution < 1.29 is 14.6 Å². The zero-order valence-corrected chi connectivity index (χ0v) is 14.2. The number of ether oxygens (including phenoxy) is 1. The Morgan fingerprint density at radius 2 is 2.10 bits per heavy atom. The first-order valence-electron chi connectivity index (χ1n) is 8.05. The van der Waals surface area contributed by atoms with Crippen LogP contribution in [0.1, 0.15) is 53.9 Å². The number of aliphatic hydroxyl groups is 1. The maximum atomic E-state index is 12.0. The zero-order chi connectivity index (χ0) is 16.0. The number of amides is 1. The number of nitrogens with one attached hydrogen (secondary N) is 1. The summed E-state index contributed by atoms with van der Waals surface area (Å²) in [6.07, 6.45) is 2.71. The third-order valence-corrected chi connectivity index (χ3v) is 3.64. The maximum Gasteiger partial charge on any atom is 0.407 e. The molecule has 5 nitrogen and oxygen atoms in total. The molecule has 5 heteroatoms. The van der Waals surface area contributed by atoms with E-state index in [0.717, 1.165) is 32.4 Å². The van der Waals surface area contributed by atoms with Crippen molar-refractivity contribution >= 4 is 6.09 Å². The Kier molecular flexibility index (Phi) is 6.94. The van der Waals surface area contributed by atoms with Gasteiger partial charge in [0.2, 0.25) is 0 Å². The van der Waals surface area contributed by atoms with Crippen molar-refractivity contribution in [3.05, 3.63) is 0 Å². The molecular weight excluding hydrogens is 268 g/mol. The third-order valence-electron chi connectivity index (χ3n) is 3.64. The molecule has 1 rings (SSSR count). The Hall–Kier alpha value is -0.810. The molecule has 0 unspecified atom stereocenters. The van der Waals surface area contributed by atoms with E-state index < -0.39 is 5.60 Å². The van der Waals surface area contributed by atoms with Crippen LogP contribution < -0.4 is 5.32 Å². The summed E-state index contributed by atoms with van der Waals surface area (Å²) in [5.41, 5.74) is -0.478. The molecule has 0 spiro atoms. The molecule has 0 saturated carbocycles. The van der Waals surface area contributed by atoms with Crippen molar-refractivity contribution in [2.45, 2.75) is 71.6 Å². The van der Waals surface area contributed by atoms with E-state index in [1.54, 1.807) is 0 Å². The SMILES string of the molecule is CC(C)C[C@@H](CN1CCC[C@H]1CO)NC(=O)OC(C)(C)C. The molecular formula is C16H32N2O3. The highest BCUT2D eigenvalue weighted by Gasteiger charge is 2.28. The van der Waals surface area contributed by atoms with E-state index in [4.69, 9.17) is 4.74 Å². The van der Waals surface area contributed by atoms with Crippen molar-refractivity contribution in [2.75, 3.05) is 19.7 Å². The van der Waals surface area contributed by atoms with Crippen LogP contribution in [-0.4, -0.2) is 53.5 Å². The summed E-state index contributed by atoms with van der Waals surface area (Å²) in [6, 6.07) is 0.298. The minimum atomic E-state index is -0.478. The number of hydrogen-bond acceptors (Lipinski definition) is 4. The van der Waals surface area contributed by atoms with E-state index in [-0.39, 0.29) is 24.8 Å². The van der Waals surface area contributed by atoms with Crippen LogP contribution in [0.25, 0.3) is 0 Å². The molecule has 1 amide bonds. The number of nitrogens with zero attached hydrogens (tertiary/aromatic N) is 1. The molecule has 1 fully saturated rings. The average molecular weight is 300 g/mol. The Bertz CT molecular complexity index is 326. The highest BCUT2D eigenvalue weighted by Crippen LogP contribution is 2.18. The number of likely N-dealkylation sites (tertiary alicyclic amines) is 1. The van der Waals surface area contributed by atoms with E-state index in [0.29, 0.717) is 5.92 Å². The second kappa shape index (κ2) is 7.99. The lowest BCUT2D eigenvalue weighted by Crippen LogP contribution is -2.47. The molecule has 2 N–H and O–H groups in total. The zero-order valence-electron chi connectivity index (χ0n) is 14.2. The number of aliphatic hydroxyl groups excluding tert-OH is 1. The summed E-state index contributed by atoms with van der Waals surface area (Å²) in [5, 5.41) is 12.4. The molecule has 1 saturated heterocycles. The topological polar surface area (TPSA) is 61.8 Å². The molecule has 2 atom stereocenters. The van der Waals surface area contributed by atoms with Gasteiger partial charge in [0.1, 0.15) is 5.60 Å². The normalized spacial score (nSPS) is 21.6. The molecule has 1 aliphatic rings. The fraction of sp³-hybridized carbons (Fsp3) is 0.938. The summed E-state index contributed by atoms with van der Waals surface area (Å²) in [6.45, 7) is 11.9. The van der Waals surface area contributed by atoms with Crippen molar-refractivity contribution in [3.63, 3.8) is 0 Å². The van der Waals surface area contributed by atoms with Gasteiger partial charge in [-0.1, -0.05) is 13.8 Å². The van der Waals surface area contributed by atoms with Crippen molar-refractivity contribution in [1.82, 2.24) is 10.2 Å². The van der Waals surface area contributed by atoms with Gasteiger partial charge in [-0.05, 0) is 52.5 Å². The van der Waals surface area contributed by atoms with Gasteiger partial charge in [-0.3, -0.25) is 4.90 Å². The predicted octanol–water partition coefficient (Wildman–Crippen LogP) is 2.38. The standard InChI is InChI=1S/C16H32N2O3/c1-12(2)9-13(17-15(20)21-16(3,4)5)10-18-8-6-7-14(18)11-19/h12-14,19H,6-11H2,1-5H3,(H,17,20)/t13-,14-/m0/s1. The number of carbonyl (C=O) groups is 1. The Labute approximate surface area is 129 Å². The molecule has 0 aromatic carbocycles. The molecule has 0 bridgehead atoms. The predicted molar refractivity (Wildman–Crippen MR) is 84.3 cm³/mol. The number of alkyl carbamates (subject to hydrolysis) is 1. The van der Waals surface area contributed by atoms with Gasteiger partial charge >= 0.3 is 6.09 Å². The van der Waals surface area contributed by atoms with Gasteiger partial charge in [0, 0.05) is 18.6 Å². The fourth-order valence-electron chi connectivity index (χ4n) is 2.85. The Balaban J connectivity index is 2.57. The van der Waals surface area contributed by atoms with Crippen molar-refractivity contribution in [1.29, 1.82) is 0 Å². The van der Waals surface area contributed by atoms with E-state index in [9.17, 15) is 9.90 Å². The first-order chi connectivity index (χ1) is 9.71. The first-order valence-corrected chi connectivity index (χ1v) is 8.05. The van der Waals surface area contributed by atoms with Gasteiger partial charge < -0.3 is 15.2 Å². The quantitative estimate of drug-likeness (QED) is 0.790. The molecule has 0 radical (unpaired) electrons. The summed E-state index contributed by atoms with van der Waals surface area (Å²) >= 11 is 0. The molecule has 0 aromatic rings. The molecule has 0 aliphatic carbocycles. The van der Waals surface area contributed by atoms with E-state index in [2.05, 4.69) is 24.1 Å². The average Bonchev–Trinajstić information content (AvgIpc) is 2.72. The van der Waals surface area contributed by atoms with Gasteiger partial charge in [-0.25, -0.2) is 4.79 Å². The van der Waals surface area contributed by atoms with Crippen LogP contribution in [0.3, 0.4) is 0 Å². The van der Waals surface area contributed by atoms with Crippen LogP contribution >= 0.6 is 0 Å². The summed E-state index contributed by atoms with van der Waals surface area (Å²) in [4.78, 5) is 14.3. The van der Waals surface area contributed by atoms with Crippen LogP contribution in [0, 0.1) is 5.92 Å². The lowest BCUT2D eigenvalue weighted by Gasteiger charge is -2.30. The van der Waals surface area contributed by atoms with Crippen molar-refractivity contribution in [3.8, 4) is 0 Å². The second-order valence-electron chi connectivity index (χ2n) is 7.45.